The molecule has 4 nitrogen and oxygen atoms in total. The van der Waals surface area contributed by atoms with E-state index in [0.29, 0.717) is 0 Å². The van der Waals surface area contributed by atoms with E-state index < -0.39 is 0 Å². The van der Waals surface area contributed by atoms with Gasteiger partial charge in [0.1, 0.15) is 22.3 Å². The zero-order valence-corrected chi connectivity index (χ0v) is 48.0. The minimum Gasteiger partial charge on any atom is -0.456 e. The zero-order valence-electron chi connectivity index (χ0n) is 48.0. The summed E-state index contributed by atoms with van der Waals surface area (Å²) in [6.07, 6.45) is 9.38. The van der Waals surface area contributed by atoms with Gasteiger partial charge in [0.2, 0.25) is 0 Å². The second-order valence-corrected chi connectivity index (χ2v) is 25.5. The van der Waals surface area contributed by atoms with Crippen molar-refractivity contribution in [3.05, 3.63) is 240 Å². The van der Waals surface area contributed by atoms with E-state index in [1.807, 2.05) is 0 Å². The van der Waals surface area contributed by atoms with Gasteiger partial charge in [0.25, 0.3) is 0 Å². The lowest BCUT2D eigenvalue weighted by atomic mass is 9.86. The molecule has 13 aromatic rings. The Bertz CT molecular complexity index is 4330. The molecule has 0 radical (unpaired) electrons. The molecule has 0 amide bonds. The van der Waals surface area contributed by atoms with E-state index in [0.717, 1.165) is 103 Å². The molecule has 11 aromatic carbocycles. The van der Waals surface area contributed by atoms with E-state index in [2.05, 4.69) is 258 Å². The number of fused-ring (bicyclic) bond motifs is 10. The van der Waals surface area contributed by atoms with Crippen molar-refractivity contribution < 1.29 is 8.83 Å². The highest BCUT2D eigenvalue weighted by Gasteiger charge is 2.26. The van der Waals surface area contributed by atoms with E-state index in [1.54, 1.807) is 0 Å². The quantitative estimate of drug-likeness (QED) is 0.152. The van der Waals surface area contributed by atoms with Gasteiger partial charge in [-0.05, 0) is 231 Å². The molecule has 402 valence electrons. The summed E-state index contributed by atoms with van der Waals surface area (Å²) in [5.41, 5.74) is 23.8. The number of furan rings is 2. The molecule has 2 aliphatic rings. The van der Waals surface area contributed by atoms with Crippen molar-refractivity contribution >= 4 is 99.5 Å². The number of benzene rings is 11. The molecule has 0 N–H and O–H groups in total. The summed E-state index contributed by atoms with van der Waals surface area (Å²) in [6, 6.07) is 77.6. The Hall–Kier alpha value is -8.86. The van der Waals surface area contributed by atoms with Gasteiger partial charge < -0.3 is 18.6 Å². The first-order chi connectivity index (χ1) is 39.8. The molecule has 0 saturated carbocycles. The Kier molecular flexibility index (Phi) is 11.9. The maximum absolute atomic E-state index is 6.84. The largest absolute Gasteiger partial charge is 0.456 e. The first-order valence-electron chi connectivity index (χ1n) is 29.8. The van der Waals surface area contributed by atoms with Gasteiger partial charge in [0.05, 0.1) is 11.4 Å². The molecule has 0 unspecified atom stereocenters. The van der Waals surface area contributed by atoms with Gasteiger partial charge in [-0.25, -0.2) is 0 Å². The number of hydrogen-bond donors (Lipinski definition) is 0. The summed E-state index contributed by atoms with van der Waals surface area (Å²) in [5, 5.41) is 8.95. The lowest BCUT2D eigenvalue weighted by Gasteiger charge is -2.31. The number of anilines is 6. The molecular weight excluding hydrogens is 997 g/mol. The van der Waals surface area contributed by atoms with Crippen molar-refractivity contribution in [2.45, 2.75) is 104 Å². The van der Waals surface area contributed by atoms with Crippen molar-refractivity contribution in [2.75, 3.05) is 9.80 Å². The predicted octanol–water partition coefficient (Wildman–Crippen LogP) is 22.4. The molecule has 15 rings (SSSR count). The van der Waals surface area contributed by atoms with Crippen LogP contribution in [0.25, 0.3) is 87.7 Å². The van der Waals surface area contributed by atoms with Gasteiger partial charge in [0, 0.05) is 61.5 Å². The summed E-state index contributed by atoms with van der Waals surface area (Å²) < 4.78 is 13.7. The fraction of sp³-hybridized carbons (Fsp3) is 0.205. The first-order valence-corrected chi connectivity index (χ1v) is 29.8. The highest BCUT2D eigenvalue weighted by molar-refractivity contribution is 6.18. The van der Waals surface area contributed by atoms with Crippen molar-refractivity contribution in [3.63, 3.8) is 0 Å². The Balaban J connectivity index is 0.833. The molecule has 0 fully saturated rings. The van der Waals surface area contributed by atoms with Gasteiger partial charge in [-0.15, -0.1) is 0 Å². The third kappa shape index (κ3) is 8.83. The number of rotatable bonds is 8. The van der Waals surface area contributed by atoms with Crippen molar-refractivity contribution in [3.8, 4) is 22.3 Å². The smallest absolute Gasteiger partial charge is 0.139 e. The Morgan fingerprint density at radius 3 is 1.05 bits per heavy atom. The number of hydrogen-bond acceptors (Lipinski definition) is 4. The fourth-order valence-corrected chi connectivity index (χ4v) is 13.5. The van der Waals surface area contributed by atoms with Crippen LogP contribution in [0.3, 0.4) is 0 Å². The molecule has 2 aliphatic carbocycles. The maximum atomic E-state index is 6.84. The second kappa shape index (κ2) is 19.4. The number of nitrogens with zero attached hydrogens (tertiary/aromatic N) is 2. The SMILES string of the molecule is CC(C)(C)c1ccc(N(c2ccc3cc4c(cc3c2)oc2cc3oc5cc6cc(N(c7ccc(C(C)(C)C)cc7)c7cc8c(cc7-c7ccccc7)CCCC8)ccc6cc5c3cc24)c2cc3c(cc2-c2ccccc2)CCCC3)cc1. The van der Waals surface area contributed by atoms with Crippen LogP contribution in [0.4, 0.5) is 34.1 Å². The minimum atomic E-state index is 0.0422. The highest BCUT2D eigenvalue weighted by atomic mass is 16.3. The molecule has 0 spiro atoms. The third-order valence-electron chi connectivity index (χ3n) is 18.0. The van der Waals surface area contributed by atoms with Gasteiger partial charge in [0.15, 0.2) is 0 Å². The maximum Gasteiger partial charge on any atom is 0.139 e. The van der Waals surface area contributed by atoms with E-state index in [4.69, 9.17) is 8.83 Å². The van der Waals surface area contributed by atoms with Crippen LogP contribution in [0.15, 0.2) is 215 Å². The van der Waals surface area contributed by atoms with E-state index in [9.17, 15) is 0 Å². The van der Waals surface area contributed by atoms with Crippen LogP contribution in [0.2, 0.25) is 0 Å². The molecule has 4 heteroatoms. The fourth-order valence-electron chi connectivity index (χ4n) is 13.5. The van der Waals surface area contributed by atoms with Crippen molar-refractivity contribution in [2.24, 2.45) is 0 Å². The molecule has 0 saturated heterocycles. The lowest BCUT2D eigenvalue weighted by molar-refractivity contribution is 0.590. The Morgan fingerprint density at radius 2 is 0.659 bits per heavy atom. The minimum absolute atomic E-state index is 0.0422. The monoisotopic (exact) mass is 1060 g/mol. The molecular formula is C78H68N2O2. The average Bonchev–Trinajstić information content (AvgIpc) is 2.99. The molecule has 0 aliphatic heterocycles. The summed E-state index contributed by atoms with van der Waals surface area (Å²) in [5.74, 6) is 0. The summed E-state index contributed by atoms with van der Waals surface area (Å²) in [7, 11) is 0. The lowest BCUT2D eigenvalue weighted by Crippen LogP contribution is -2.15. The highest BCUT2D eigenvalue weighted by Crippen LogP contribution is 2.48. The van der Waals surface area contributed by atoms with Crippen LogP contribution in [0.1, 0.15) is 101 Å². The van der Waals surface area contributed by atoms with Gasteiger partial charge in [-0.1, -0.05) is 139 Å². The van der Waals surface area contributed by atoms with Crippen LogP contribution < -0.4 is 9.80 Å². The van der Waals surface area contributed by atoms with Crippen molar-refractivity contribution in [1.82, 2.24) is 0 Å². The average molecular weight is 1070 g/mol. The second-order valence-electron chi connectivity index (χ2n) is 25.5. The summed E-state index contributed by atoms with van der Waals surface area (Å²) in [6.45, 7) is 13.7. The van der Waals surface area contributed by atoms with Crippen LogP contribution in [-0.2, 0) is 36.5 Å². The zero-order chi connectivity index (χ0) is 55.4. The van der Waals surface area contributed by atoms with Crippen molar-refractivity contribution in [1.29, 1.82) is 0 Å². The standard InChI is InChI=1S/C78H68N2O2/c1-77(2,3)59-27-33-61(34-28-59)79(71-43-53-23-15-13-21-51(53)39-65(71)49-17-9-7-10-18-49)63-31-25-55-41-67-69-47-70-68-42-56-26-32-64(38-58(56)46-74(68)82-76(70)48-75(69)81-73(67)45-57(55)37-63)80(62-35-29-60(30-36-62)78(4,5)6)72-44-54-24-16-14-22-52(54)40-66(72)50-19-11-8-12-20-50/h7-12,17-20,25-48H,13-16,21-24H2,1-6H3. The molecule has 82 heavy (non-hydrogen) atoms. The Labute approximate surface area is 481 Å². The van der Waals surface area contributed by atoms with E-state index in [-0.39, 0.29) is 10.8 Å². The van der Waals surface area contributed by atoms with Gasteiger partial charge >= 0.3 is 0 Å². The number of aryl methyl sites for hydroxylation is 4. The van der Waals surface area contributed by atoms with Crippen LogP contribution >= 0.6 is 0 Å². The van der Waals surface area contributed by atoms with Crippen LogP contribution in [0.5, 0.6) is 0 Å². The van der Waals surface area contributed by atoms with Gasteiger partial charge in [-0.2, -0.15) is 0 Å². The topological polar surface area (TPSA) is 32.8 Å². The molecule has 0 bridgehead atoms. The molecule has 0 atom stereocenters. The predicted molar refractivity (Wildman–Crippen MR) is 347 cm³/mol. The van der Waals surface area contributed by atoms with Crippen LogP contribution in [0, 0.1) is 0 Å². The third-order valence-corrected chi connectivity index (χ3v) is 18.0. The van der Waals surface area contributed by atoms with E-state index in [1.165, 1.54) is 103 Å². The Morgan fingerprint density at radius 1 is 0.305 bits per heavy atom. The molecule has 2 heterocycles. The molecule has 2 aromatic heterocycles. The normalized spacial score (nSPS) is 13.8. The summed E-state index contributed by atoms with van der Waals surface area (Å²) >= 11 is 0. The van der Waals surface area contributed by atoms with E-state index >= 15 is 0 Å². The first kappa shape index (κ1) is 50.1. The van der Waals surface area contributed by atoms with Gasteiger partial charge in [-0.3, -0.25) is 0 Å². The summed E-state index contributed by atoms with van der Waals surface area (Å²) in [4.78, 5) is 4.96. The van der Waals surface area contributed by atoms with Crippen LogP contribution in [-0.4, -0.2) is 0 Å².